The van der Waals surface area contributed by atoms with Crippen LogP contribution in [-0.2, 0) is 5.41 Å². The third kappa shape index (κ3) is 4.58. The second-order valence-corrected chi connectivity index (χ2v) is 7.68. The summed E-state index contributed by atoms with van der Waals surface area (Å²) in [6, 6.07) is 6.46. The fraction of sp³-hybridized carbons (Fsp3) is 0.700. The topological polar surface area (TPSA) is 21.7 Å². The van der Waals surface area contributed by atoms with Crippen LogP contribution in [0.1, 0.15) is 44.6 Å². The summed E-state index contributed by atoms with van der Waals surface area (Å²) < 4.78 is 11.0. The Hall–Kier alpha value is -0.930. The molecule has 0 radical (unpaired) electrons. The SMILES string of the molecule is COc1ccc(C2(CN(C)CC(C)CCl)CCCCC2)cc1OC. The molecule has 1 aliphatic rings. The molecule has 3 nitrogen and oxygen atoms in total. The van der Waals surface area contributed by atoms with Crippen LogP contribution in [-0.4, -0.2) is 45.1 Å². The monoisotopic (exact) mass is 353 g/mol. The second-order valence-electron chi connectivity index (χ2n) is 7.37. The zero-order chi connectivity index (χ0) is 17.6. The van der Waals surface area contributed by atoms with Crippen molar-refractivity contribution in [3.63, 3.8) is 0 Å². The maximum absolute atomic E-state index is 6.01. The van der Waals surface area contributed by atoms with Crippen LogP contribution in [0.15, 0.2) is 18.2 Å². The average Bonchev–Trinajstić information content (AvgIpc) is 2.61. The zero-order valence-corrected chi connectivity index (χ0v) is 16.4. The van der Waals surface area contributed by atoms with Crippen molar-refractivity contribution in [2.24, 2.45) is 5.92 Å². The molecule has 0 aromatic heterocycles. The van der Waals surface area contributed by atoms with Crippen LogP contribution in [0.2, 0.25) is 0 Å². The molecule has 0 heterocycles. The molecule has 4 heteroatoms. The second kappa shape index (κ2) is 8.96. The minimum Gasteiger partial charge on any atom is -0.493 e. The standard InChI is InChI=1S/C20H32ClNO2/c1-16(13-21)14-22(2)15-20(10-6-5-7-11-20)17-8-9-18(23-3)19(12-17)24-4/h8-9,12,16H,5-7,10-11,13-15H2,1-4H3. The molecule has 1 aromatic rings. The molecule has 0 saturated heterocycles. The van der Waals surface area contributed by atoms with Crippen molar-refractivity contribution >= 4 is 11.6 Å². The van der Waals surface area contributed by atoms with E-state index in [1.807, 2.05) is 6.07 Å². The number of hydrogen-bond donors (Lipinski definition) is 0. The Morgan fingerprint density at radius 2 is 1.79 bits per heavy atom. The normalized spacial score (nSPS) is 18.4. The molecule has 1 fully saturated rings. The molecule has 0 aliphatic heterocycles. The van der Waals surface area contributed by atoms with Crippen LogP contribution in [0.5, 0.6) is 11.5 Å². The van der Waals surface area contributed by atoms with Gasteiger partial charge in [-0.1, -0.05) is 32.3 Å². The molecular formula is C20H32ClNO2. The number of hydrogen-bond acceptors (Lipinski definition) is 3. The molecule has 136 valence electrons. The summed E-state index contributed by atoms with van der Waals surface area (Å²) in [5.41, 5.74) is 1.59. The third-order valence-corrected chi connectivity index (χ3v) is 5.79. The highest BCUT2D eigenvalue weighted by atomic mass is 35.5. The number of halogens is 1. The fourth-order valence-electron chi connectivity index (χ4n) is 4.09. The molecule has 1 unspecified atom stereocenters. The molecule has 0 spiro atoms. The molecule has 0 amide bonds. The number of methoxy groups -OCH3 is 2. The summed E-state index contributed by atoms with van der Waals surface area (Å²) in [6.45, 7) is 4.33. The predicted octanol–water partition coefficient (Wildman–Crippen LogP) is 4.71. The van der Waals surface area contributed by atoms with Crippen molar-refractivity contribution in [3.05, 3.63) is 23.8 Å². The molecule has 1 saturated carbocycles. The van der Waals surface area contributed by atoms with Gasteiger partial charge in [0.1, 0.15) is 0 Å². The summed E-state index contributed by atoms with van der Waals surface area (Å²) in [6.07, 6.45) is 6.42. The molecule has 0 N–H and O–H groups in total. The summed E-state index contributed by atoms with van der Waals surface area (Å²) in [7, 11) is 5.62. The highest BCUT2D eigenvalue weighted by Gasteiger charge is 2.35. The smallest absolute Gasteiger partial charge is 0.161 e. The maximum Gasteiger partial charge on any atom is 0.161 e. The first-order chi connectivity index (χ1) is 11.5. The quantitative estimate of drug-likeness (QED) is 0.631. The number of rotatable bonds is 8. The van der Waals surface area contributed by atoms with Gasteiger partial charge in [0, 0.05) is 24.4 Å². The van der Waals surface area contributed by atoms with Gasteiger partial charge < -0.3 is 14.4 Å². The van der Waals surface area contributed by atoms with Crippen LogP contribution >= 0.6 is 11.6 Å². The summed E-state index contributed by atoms with van der Waals surface area (Å²) >= 11 is 6.01. The molecule has 0 bridgehead atoms. The van der Waals surface area contributed by atoms with Crippen molar-refractivity contribution in [2.45, 2.75) is 44.4 Å². The van der Waals surface area contributed by atoms with Crippen LogP contribution in [0, 0.1) is 5.92 Å². The van der Waals surface area contributed by atoms with Gasteiger partial charge in [-0.15, -0.1) is 11.6 Å². The first-order valence-corrected chi connectivity index (χ1v) is 9.55. The minimum absolute atomic E-state index is 0.207. The van der Waals surface area contributed by atoms with E-state index in [4.69, 9.17) is 21.1 Å². The van der Waals surface area contributed by atoms with E-state index in [2.05, 4.69) is 31.0 Å². The maximum atomic E-state index is 6.01. The third-order valence-electron chi connectivity index (χ3n) is 5.27. The first kappa shape index (κ1) is 19.4. The van der Waals surface area contributed by atoms with Crippen molar-refractivity contribution in [3.8, 4) is 11.5 Å². The summed E-state index contributed by atoms with van der Waals surface area (Å²) in [5.74, 6) is 2.86. The lowest BCUT2D eigenvalue weighted by atomic mass is 9.69. The van der Waals surface area contributed by atoms with E-state index in [0.717, 1.165) is 24.6 Å². The predicted molar refractivity (Wildman–Crippen MR) is 102 cm³/mol. The lowest BCUT2D eigenvalue weighted by Crippen LogP contribution is -2.42. The van der Waals surface area contributed by atoms with E-state index >= 15 is 0 Å². The van der Waals surface area contributed by atoms with Crippen molar-refractivity contribution in [2.75, 3.05) is 40.2 Å². The molecule has 1 aromatic carbocycles. The molecule has 24 heavy (non-hydrogen) atoms. The first-order valence-electron chi connectivity index (χ1n) is 9.01. The molecule has 1 atom stereocenters. The van der Waals surface area contributed by atoms with Crippen LogP contribution in [0.3, 0.4) is 0 Å². The Morgan fingerprint density at radius 3 is 2.38 bits per heavy atom. The van der Waals surface area contributed by atoms with Crippen LogP contribution < -0.4 is 9.47 Å². The zero-order valence-electron chi connectivity index (χ0n) is 15.6. The number of nitrogens with zero attached hydrogens (tertiary/aromatic N) is 1. The van der Waals surface area contributed by atoms with Crippen molar-refractivity contribution in [1.82, 2.24) is 4.90 Å². The highest BCUT2D eigenvalue weighted by molar-refractivity contribution is 6.18. The van der Waals surface area contributed by atoms with E-state index in [9.17, 15) is 0 Å². The van der Waals surface area contributed by atoms with Gasteiger partial charge in [0.05, 0.1) is 14.2 Å². The van der Waals surface area contributed by atoms with Gasteiger partial charge in [0.15, 0.2) is 11.5 Å². The van der Waals surface area contributed by atoms with E-state index in [0.29, 0.717) is 11.8 Å². The Bertz CT molecular complexity index is 514. The molecular weight excluding hydrogens is 322 g/mol. The van der Waals surface area contributed by atoms with Gasteiger partial charge in [0.2, 0.25) is 0 Å². The Labute approximate surface area is 152 Å². The largest absolute Gasteiger partial charge is 0.493 e. The van der Waals surface area contributed by atoms with E-state index in [1.165, 1.54) is 37.7 Å². The van der Waals surface area contributed by atoms with Gasteiger partial charge >= 0.3 is 0 Å². The van der Waals surface area contributed by atoms with Gasteiger partial charge in [0.25, 0.3) is 0 Å². The lowest BCUT2D eigenvalue weighted by molar-refractivity contribution is 0.181. The van der Waals surface area contributed by atoms with Gasteiger partial charge in [-0.05, 0) is 43.5 Å². The number of likely N-dealkylation sites (N-methyl/N-ethyl adjacent to an activating group) is 1. The van der Waals surface area contributed by atoms with Crippen LogP contribution in [0.4, 0.5) is 0 Å². The van der Waals surface area contributed by atoms with Gasteiger partial charge in [-0.2, -0.15) is 0 Å². The number of ether oxygens (including phenoxy) is 2. The average molecular weight is 354 g/mol. The van der Waals surface area contributed by atoms with Gasteiger partial charge in [-0.25, -0.2) is 0 Å². The van der Waals surface area contributed by atoms with E-state index in [-0.39, 0.29) is 5.41 Å². The van der Waals surface area contributed by atoms with Crippen molar-refractivity contribution in [1.29, 1.82) is 0 Å². The molecule has 1 aliphatic carbocycles. The Kier molecular flexibility index (Phi) is 7.24. The lowest BCUT2D eigenvalue weighted by Gasteiger charge is -2.41. The van der Waals surface area contributed by atoms with Gasteiger partial charge in [-0.3, -0.25) is 0 Å². The van der Waals surface area contributed by atoms with E-state index < -0.39 is 0 Å². The highest BCUT2D eigenvalue weighted by Crippen LogP contribution is 2.42. The molecule has 2 rings (SSSR count). The minimum atomic E-state index is 0.207. The van der Waals surface area contributed by atoms with E-state index in [1.54, 1.807) is 14.2 Å². The summed E-state index contributed by atoms with van der Waals surface area (Å²) in [4.78, 5) is 2.45. The Balaban J connectivity index is 2.27. The van der Waals surface area contributed by atoms with Crippen molar-refractivity contribution < 1.29 is 9.47 Å². The van der Waals surface area contributed by atoms with Crippen LogP contribution in [0.25, 0.3) is 0 Å². The fourth-order valence-corrected chi connectivity index (χ4v) is 4.19. The number of alkyl halides is 1. The number of benzene rings is 1. The summed E-state index contributed by atoms with van der Waals surface area (Å²) in [5, 5.41) is 0. The Morgan fingerprint density at radius 1 is 1.12 bits per heavy atom.